The number of hydrogen-bond acceptors (Lipinski definition) is 3. The first-order valence-corrected chi connectivity index (χ1v) is 8.50. The first-order valence-electron chi connectivity index (χ1n) is 8.12. The molecule has 0 saturated carbocycles. The molecule has 2 aromatic carbocycles. The molecule has 0 radical (unpaired) electrons. The van der Waals surface area contributed by atoms with Gasteiger partial charge in [-0.05, 0) is 17.2 Å². The molecule has 1 aliphatic rings. The molecule has 2 aromatic rings. The molecule has 1 aliphatic heterocycles. The molecule has 0 spiro atoms. The van der Waals surface area contributed by atoms with E-state index in [1.165, 1.54) is 5.56 Å². The van der Waals surface area contributed by atoms with Crippen molar-refractivity contribution in [1.29, 1.82) is 0 Å². The quantitative estimate of drug-likeness (QED) is 0.905. The number of hydrogen-bond donors (Lipinski definition) is 1. The Morgan fingerprint density at radius 1 is 1.00 bits per heavy atom. The summed E-state index contributed by atoms with van der Waals surface area (Å²) in [5.74, 6) is -0.769. The van der Waals surface area contributed by atoms with Crippen molar-refractivity contribution in [2.24, 2.45) is 0 Å². The lowest BCUT2D eigenvalue weighted by atomic mass is 9.96. The van der Waals surface area contributed by atoms with Crippen LogP contribution in [-0.2, 0) is 4.79 Å². The first kappa shape index (κ1) is 17.0. The Labute approximate surface area is 147 Å². The van der Waals surface area contributed by atoms with Gasteiger partial charge in [-0.3, -0.25) is 14.6 Å². The number of benzene rings is 2. The van der Waals surface area contributed by atoms with Gasteiger partial charge in [0.2, 0.25) is 0 Å². The second-order valence-electron chi connectivity index (χ2n) is 6.04. The summed E-state index contributed by atoms with van der Waals surface area (Å²) in [6.07, 6.45) is 0. The molecule has 1 heterocycles. The van der Waals surface area contributed by atoms with E-state index >= 15 is 0 Å². The average Bonchev–Trinajstić information content (AvgIpc) is 2.59. The van der Waals surface area contributed by atoms with Gasteiger partial charge in [-0.2, -0.15) is 0 Å². The molecule has 0 unspecified atom stereocenters. The molecule has 3 rings (SSSR count). The number of nitrogens with zero attached hydrogens (tertiary/aromatic N) is 2. The summed E-state index contributed by atoms with van der Waals surface area (Å²) < 4.78 is 0. The van der Waals surface area contributed by atoms with Gasteiger partial charge in [-0.25, -0.2) is 0 Å². The summed E-state index contributed by atoms with van der Waals surface area (Å²) in [5, 5.41) is 9.72. The molecule has 1 saturated heterocycles. The predicted octanol–water partition coefficient (Wildman–Crippen LogP) is 3.13. The monoisotopic (exact) mass is 344 g/mol. The smallest absolute Gasteiger partial charge is 0.317 e. The highest BCUT2D eigenvalue weighted by Gasteiger charge is 2.28. The fourth-order valence-electron chi connectivity index (χ4n) is 3.29. The van der Waals surface area contributed by atoms with Crippen molar-refractivity contribution in [2.45, 2.75) is 6.04 Å². The van der Waals surface area contributed by atoms with Gasteiger partial charge in [-0.1, -0.05) is 60.1 Å². The molecule has 0 aliphatic carbocycles. The second kappa shape index (κ2) is 7.79. The van der Waals surface area contributed by atoms with Crippen LogP contribution in [0.4, 0.5) is 0 Å². The summed E-state index contributed by atoms with van der Waals surface area (Å²) in [5.41, 5.74) is 2.30. The van der Waals surface area contributed by atoms with Gasteiger partial charge in [0.15, 0.2) is 0 Å². The van der Waals surface area contributed by atoms with Crippen LogP contribution < -0.4 is 0 Å². The maximum Gasteiger partial charge on any atom is 0.317 e. The van der Waals surface area contributed by atoms with Gasteiger partial charge in [0, 0.05) is 31.2 Å². The molecule has 24 heavy (non-hydrogen) atoms. The van der Waals surface area contributed by atoms with Crippen LogP contribution in [0.15, 0.2) is 54.6 Å². The highest BCUT2D eigenvalue weighted by molar-refractivity contribution is 6.31. The highest BCUT2D eigenvalue weighted by atomic mass is 35.5. The van der Waals surface area contributed by atoms with E-state index in [0.29, 0.717) is 0 Å². The van der Waals surface area contributed by atoms with Gasteiger partial charge >= 0.3 is 5.97 Å². The molecule has 0 bridgehead atoms. The van der Waals surface area contributed by atoms with Crippen molar-refractivity contribution in [1.82, 2.24) is 9.80 Å². The van der Waals surface area contributed by atoms with E-state index in [9.17, 15) is 4.79 Å². The van der Waals surface area contributed by atoms with Crippen molar-refractivity contribution in [2.75, 3.05) is 32.7 Å². The average molecular weight is 345 g/mol. The largest absolute Gasteiger partial charge is 0.480 e. The SMILES string of the molecule is O=C(O)CN1CCN([C@@H](c2ccccc2)c2ccccc2Cl)CC1. The van der Waals surface area contributed by atoms with E-state index in [1.807, 2.05) is 41.3 Å². The van der Waals surface area contributed by atoms with Gasteiger partial charge < -0.3 is 5.11 Å². The summed E-state index contributed by atoms with van der Waals surface area (Å²) >= 11 is 6.47. The van der Waals surface area contributed by atoms with Crippen molar-refractivity contribution in [3.05, 3.63) is 70.7 Å². The zero-order chi connectivity index (χ0) is 16.9. The first-order chi connectivity index (χ1) is 11.6. The van der Waals surface area contributed by atoms with E-state index in [4.69, 9.17) is 16.7 Å². The summed E-state index contributed by atoms with van der Waals surface area (Å²) in [7, 11) is 0. The highest BCUT2D eigenvalue weighted by Crippen LogP contribution is 2.33. The van der Waals surface area contributed by atoms with E-state index < -0.39 is 5.97 Å². The Hall–Kier alpha value is -1.88. The van der Waals surface area contributed by atoms with Crippen LogP contribution in [0, 0.1) is 0 Å². The zero-order valence-corrected chi connectivity index (χ0v) is 14.2. The molecule has 1 N–H and O–H groups in total. The van der Waals surface area contributed by atoms with Crippen molar-refractivity contribution in [3.63, 3.8) is 0 Å². The third-order valence-corrected chi connectivity index (χ3v) is 4.79. The number of piperazine rings is 1. The third kappa shape index (κ3) is 3.96. The Kier molecular flexibility index (Phi) is 5.51. The maximum absolute atomic E-state index is 10.9. The Morgan fingerprint density at radius 2 is 1.62 bits per heavy atom. The number of carboxylic acids is 1. The van der Waals surface area contributed by atoms with E-state index in [0.717, 1.165) is 36.8 Å². The molecular formula is C19H21ClN2O2. The van der Waals surface area contributed by atoms with Crippen molar-refractivity contribution < 1.29 is 9.90 Å². The number of rotatable bonds is 5. The van der Waals surface area contributed by atoms with Crippen LogP contribution >= 0.6 is 11.6 Å². The van der Waals surface area contributed by atoms with Crippen LogP contribution in [0.5, 0.6) is 0 Å². The minimum atomic E-state index is -0.769. The second-order valence-corrected chi connectivity index (χ2v) is 6.45. The molecule has 1 atom stereocenters. The van der Waals surface area contributed by atoms with Crippen LogP contribution in [0.3, 0.4) is 0 Å². The molecule has 126 valence electrons. The van der Waals surface area contributed by atoms with Gasteiger partial charge in [0.05, 0.1) is 12.6 Å². The normalized spacial score (nSPS) is 17.5. The molecule has 1 fully saturated rings. The lowest BCUT2D eigenvalue weighted by molar-refractivity contribution is -0.138. The molecule has 4 nitrogen and oxygen atoms in total. The van der Waals surface area contributed by atoms with Crippen LogP contribution in [-0.4, -0.2) is 53.6 Å². The van der Waals surface area contributed by atoms with E-state index in [-0.39, 0.29) is 12.6 Å². The number of carbonyl (C=O) groups is 1. The summed E-state index contributed by atoms with van der Waals surface area (Å²) in [4.78, 5) is 15.3. The number of aliphatic carboxylic acids is 1. The summed E-state index contributed by atoms with van der Waals surface area (Å²) in [6.45, 7) is 3.24. The third-order valence-electron chi connectivity index (χ3n) is 4.45. The minimum absolute atomic E-state index is 0.0897. The summed E-state index contributed by atoms with van der Waals surface area (Å²) in [6, 6.07) is 18.4. The zero-order valence-electron chi connectivity index (χ0n) is 13.4. The van der Waals surface area contributed by atoms with Gasteiger partial charge in [-0.15, -0.1) is 0 Å². The predicted molar refractivity (Wildman–Crippen MR) is 95.4 cm³/mol. The lowest BCUT2D eigenvalue weighted by Gasteiger charge is -2.39. The Balaban J connectivity index is 1.84. The van der Waals surface area contributed by atoms with Crippen molar-refractivity contribution >= 4 is 17.6 Å². The van der Waals surface area contributed by atoms with Gasteiger partial charge in [0.25, 0.3) is 0 Å². The molecule has 0 amide bonds. The molecule has 0 aromatic heterocycles. The maximum atomic E-state index is 10.9. The number of carboxylic acid groups (broad SMARTS) is 1. The fraction of sp³-hybridized carbons (Fsp3) is 0.316. The standard InChI is InChI=1S/C19H21ClN2O2/c20-17-9-5-4-8-16(17)19(15-6-2-1-3-7-15)22-12-10-21(11-13-22)14-18(23)24/h1-9,19H,10-14H2,(H,23,24)/t19-/m0/s1. The minimum Gasteiger partial charge on any atom is -0.480 e. The fourth-order valence-corrected chi connectivity index (χ4v) is 3.53. The Bertz CT molecular complexity index is 685. The van der Waals surface area contributed by atoms with E-state index in [1.54, 1.807) is 0 Å². The van der Waals surface area contributed by atoms with E-state index in [2.05, 4.69) is 23.1 Å². The van der Waals surface area contributed by atoms with Crippen LogP contribution in [0.2, 0.25) is 5.02 Å². The van der Waals surface area contributed by atoms with Crippen LogP contribution in [0.1, 0.15) is 17.2 Å². The lowest BCUT2D eigenvalue weighted by Crippen LogP contribution is -2.49. The van der Waals surface area contributed by atoms with Crippen LogP contribution in [0.25, 0.3) is 0 Å². The number of halogens is 1. The molecular weight excluding hydrogens is 324 g/mol. The van der Waals surface area contributed by atoms with Gasteiger partial charge in [0.1, 0.15) is 0 Å². The molecule has 5 heteroatoms. The Morgan fingerprint density at radius 3 is 2.25 bits per heavy atom. The van der Waals surface area contributed by atoms with Crippen molar-refractivity contribution in [3.8, 4) is 0 Å². The topological polar surface area (TPSA) is 43.8 Å².